The third kappa shape index (κ3) is 3.03. The van der Waals surface area contributed by atoms with Crippen molar-refractivity contribution in [2.45, 2.75) is 18.9 Å². The highest BCUT2D eigenvalue weighted by molar-refractivity contribution is 5.81. The molecule has 0 aliphatic heterocycles. The maximum atomic E-state index is 13.3. The Morgan fingerprint density at radius 1 is 1.53 bits per heavy atom. The molecule has 0 aromatic heterocycles. The van der Waals surface area contributed by atoms with Gasteiger partial charge >= 0.3 is 0 Å². The Balaban J connectivity index is 1.97. The molecule has 90 valence electrons. The first-order valence-electron chi connectivity index (χ1n) is 5.36. The molecule has 1 aliphatic rings. The second-order valence-electron chi connectivity index (χ2n) is 3.91. The molecule has 1 aromatic carbocycles. The fourth-order valence-corrected chi connectivity index (χ4v) is 1.41. The zero-order chi connectivity index (χ0) is 12.3. The maximum Gasteiger partial charge on any atom is 0.258 e. The van der Waals surface area contributed by atoms with Gasteiger partial charge in [0.2, 0.25) is 0 Å². The molecule has 4 nitrogen and oxygen atoms in total. The molecular weight excluding hydrogens is 225 g/mol. The van der Waals surface area contributed by atoms with E-state index in [4.69, 9.17) is 4.74 Å². The van der Waals surface area contributed by atoms with Gasteiger partial charge in [0.25, 0.3) is 5.91 Å². The third-order valence-corrected chi connectivity index (χ3v) is 2.41. The number of carbonyl (C=O) groups is 2. The summed E-state index contributed by atoms with van der Waals surface area (Å²) in [6, 6.07) is 4.26. The molecule has 2 rings (SSSR count). The number of carbonyl (C=O) groups excluding carboxylic acids is 2. The SMILES string of the molecule is O=Cc1cccc(F)c1OCC(=O)NC1CC1. The molecule has 0 saturated heterocycles. The quantitative estimate of drug-likeness (QED) is 0.785. The van der Waals surface area contributed by atoms with Gasteiger partial charge in [0, 0.05) is 6.04 Å². The minimum absolute atomic E-state index is 0.101. The minimum Gasteiger partial charge on any atom is -0.480 e. The Morgan fingerprint density at radius 3 is 2.94 bits per heavy atom. The number of hydrogen-bond acceptors (Lipinski definition) is 3. The van der Waals surface area contributed by atoms with Crippen LogP contribution in [0.1, 0.15) is 23.2 Å². The summed E-state index contributed by atoms with van der Waals surface area (Å²) in [5.41, 5.74) is 0.101. The fourth-order valence-electron chi connectivity index (χ4n) is 1.41. The Morgan fingerprint density at radius 2 is 2.29 bits per heavy atom. The van der Waals surface area contributed by atoms with E-state index >= 15 is 0 Å². The maximum absolute atomic E-state index is 13.3. The number of benzene rings is 1. The Kier molecular flexibility index (Phi) is 3.37. The average molecular weight is 237 g/mol. The van der Waals surface area contributed by atoms with Gasteiger partial charge in [0.05, 0.1) is 5.56 Å². The third-order valence-electron chi connectivity index (χ3n) is 2.41. The molecule has 1 fully saturated rings. The Hall–Kier alpha value is -1.91. The van der Waals surface area contributed by atoms with Gasteiger partial charge in [-0.25, -0.2) is 4.39 Å². The number of halogens is 1. The molecule has 0 spiro atoms. The monoisotopic (exact) mass is 237 g/mol. The zero-order valence-corrected chi connectivity index (χ0v) is 9.11. The molecule has 0 bridgehead atoms. The summed E-state index contributed by atoms with van der Waals surface area (Å²) in [6.45, 7) is -0.279. The lowest BCUT2D eigenvalue weighted by Crippen LogP contribution is -2.30. The van der Waals surface area contributed by atoms with E-state index in [0.717, 1.165) is 12.8 Å². The molecule has 1 N–H and O–H groups in total. The number of nitrogens with one attached hydrogen (secondary N) is 1. The second-order valence-corrected chi connectivity index (χ2v) is 3.91. The molecule has 17 heavy (non-hydrogen) atoms. The van der Waals surface area contributed by atoms with Crippen molar-refractivity contribution in [3.63, 3.8) is 0 Å². The molecule has 1 aromatic rings. The van der Waals surface area contributed by atoms with Crippen LogP contribution >= 0.6 is 0 Å². The van der Waals surface area contributed by atoms with Gasteiger partial charge < -0.3 is 10.1 Å². The van der Waals surface area contributed by atoms with Crippen LogP contribution < -0.4 is 10.1 Å². The largest absolute Gasteiger partial charge is 0.480 e. The Labute approximate surface area is 97.8 Å². The number of rotatable bonds is 5. The van der Waals surface area contributed by atoms with E-state index in [1.165, 1.54) is 18.2 Å². The number of ether oxygens (including phenoxy) is 1. The molecule has 1 amide bonds. The van der Waals surface area contributed by atoms with Gasteiger partial charge in [0.15, 0.2) is 24.5 Å². The minimum atomic E-state index is -0.645. The van der Waals surface area contributed by atoms with Crippen LogP contribution in [0.4, 0.5) is 4.39 Å². The van der Waals surface area contributed by atoms with Crippen molar-refractivity contribution < 1.29 is 18.7 Å². The topological polar surface area (TPSA) is 55.4 Å². The van der Waals surface area contributed by atoms with Gasteiger partial charge in [-0.15, -0.1) is 0 Å². The number of hydrogen-bond donors (Lipinski definition) is 1. The van der Waals surface area contributed by atoms with Crippen molar-refractivity contribution in [1.29, 1.82) is 0 Å². The van der Waals surface area contributed by atoms with Crippen LogP contribution in [0.2, 0.25) is 0 Å². The summed E-state index contributed by atoms with van der Waals surface area (Å²) in [7, 11) is 0. The van der Waals surface area contributed by atoms with Crippen molar-refractivity contribution in [3.05, 3.63) is 29.6 Å². The smallest absolute Gasteiger partial charge is 0.258 e. The van der Waals surface area contributed by atoms with Crippen LogP contribution in [0.5, 0.6) is 5.75 Å². The standard InChI is InChI=1S/C12H12FNO3/c13-10-3-1-2-8(6-15)12(10)17-7-11(16)14-9-4-5-9/h1-3,6,9H,4-5,7H2,(H,14,16). The number of amides is 1. The molecule has 0 radical (unpaired) electrons. The van der Waals surface area contributed by atoms with Crippen molar-refractivity contribution in [2.24, 2.45) is 0 Å². The molecule has 1 aliphatic carbocycles. The summed E-state index contributed by atoms with van der Waals surface area (Å²) in [6.07, 6.45) is 2.45. The van der Waals surface area contributed by atoms with E-state index in [9.17, 15) is 14.0 Å². The summed E-state index contributed by atoms with van der Waals surface area (Å²) in [4.78, 5) is 22.0. The second kappa shape index (κ2) is 4.95. The summed E-state index contributed by atoms with van der Waals surface area (Å²) in [5, 5.41) is 2.71. The summed E-state index contributed by atoms with van der Waals surface area (Å²) in [5.74, 6) is -1.12. The highest BCUT2D eigenvalue weighted by atomic mass is 19.1. The number of aldehydes is 1. The Bertz CT molecular complexity index is 443. The van der Waals surface area contributed by atoms with Crippen molar-refractivity contribution >= 4 is 12.2 Å². The predicted octanol–water partition coefficient (Wildman–Crippen LogP) is 1.30. The van der Waals surface area contributed by atoms with Crippen LogP contribution in [-0.2, 0) is 4.79 Å². The highest BCUT2D eigenvalue weighted by Gasteiger charge is 2.23. The lowest BCUT2D eigenvalue weighted by Gasteiger charge is -2.09. The van der Waals surface area contributed by atoms with Gasteiger partial charge in [-0.2, -0.15) is 0 Å². The van der Waals surface area contributed by atoms with Gasteiger partial charge in [-0.1, -0.05) is 6.07 Å². The van der Waals surface area contributed by atoms with Gasteiger partial charge in [-0.05, 0) is 25.0 Å². The summed E-state index contributed by atoms with van der Waals surface area (Å²) >= 11 is 0. The van der Waals surface area contributed by atoms with E-state index < -0.39 is 5.82 Å². The predicted molar refractivity (Wildman–Crippen MR) is 58.4 cm³/mol. The van der Waals surface area contributed by atoms with E-state index in [0.29, 0.717) is 6.29 Å². The van der Waals surface area contributed by atoms with Crippen LogP contribution in [0.15, 0.2) is 18.2 Å². The first kappa shape index (κ1) is 11.6. The first-order valence-corrected chi connectivity index (χ1v) is 5.36. The molecule has 0 unspecified atom stereocenters. The van der Waals surface area contributed by atoms with E-state index in [-0.39, 0.29) is 29.9 Å². The van der Waals surface area contributed by atoms with E-state index in [2.05, 4.69) is 5.32 Å². The highest BCUT2D eigenvalue weighted by Crippen LogP contribution is 2.21. The van der Waals surface area contributed by atoms with Crippen molar-refractivity contribution in [1.82, 2.24) is 5.32 Å². The molecule has 0 heterocycles. The van der Waals surface area contributed by atoms with Gasteiger partial charge in [-0.3, -0.25) is 9.59 Å². The normalized spacial score (nSPS) is 14.2. The average Bonchev–Trinajstić information content (AvgIpc) is 3.11. The van der Waals surface area contributed by atoms with Crippen LogP contribution in [0.3, 0.4) is 0 Å². The van der Waals surface area contributed by atoms with Crippen LogP contribution in [0.25, 0.3) is 0 Å². The van der Waals surface area contributed by atoms with Crippen LogP contribution in [0, 0.1) is 5.82 Å². The summed E-state index contributed by atoms with van der Waals surface area (Å²) < 4.78 is 18.4. The zero-order valence-electron chi connectivity index (χ0n) is 9.11. The molecule has 1 saturated carbocycles. The van der Waals surface area contributed by atoms with Gasteiger partial charge in [0.1, 0.15) is 0 Å². The first-order chi connectivity index (χ1) is 8.20. The van der Waals surface area contributed by atoms with E-state index in [1.54, 1.807) is 0 Å². The molecular formula is C12H12FNO3. The lowest BCUT2D eigenvalue weighted by molar-refractivity contribution is -0.123. The molecule has 5 heteroatoms. The van der Waals surface area contributed by atoms with E-state index in [1.807, 2.05) is 0 Å². The number of para-hydroxylation sites is 1. The fraction of sp³-hybridized carbons (Fsp3) is 0.333. The van der Waals surface area contributed by atoms with Crippen LogP contribution in [-0.4, -0.2) is 24.8 Å². The van der Waals surface area contributed by atoms with Crippen molar-refractivity contribution in [2.75, 3.05) is 6.61 Å². The van der Waals surface area contributed by atoms with Crippen molar-refractivity contribution in [3.8, 4) is 5.75 Å². The lowest BCUT2D eigenvalue weighted by atomic mass is 10.2. The molecule has 0 atom stereocenters.